The molecule has 1 aliphatic heterocycles. The lowest BCUT2D eigenvalue weighted by Crippen LogP contribution is -2.30. The van der Waals surface area contributed by atoms with Crippen LogP contribution in [0.15, 0.2) is 6.07 Å². The molecule has 0 aromatic heterocycles. The number of carbonyl (C=O) groups is 1. The summed E-state index contributed by atoms with van der Waals surface area (Å²) in [6, 6.07) is 2.07. The molecule has 1 N–H and O–H groups in total. The maximum Gasteiger partial charge on any atom is 0.340 e. The van der Waals surface area contributed by atoms with Gasteiger partial charge in [0.25, 0.3) is 0 Å². The van der Waals surface area contributed by atoms with E-state index in [0.29, 0.717) is 10.0 Å². The predicted molar refractivity (Wildman–Crippen MR) is 72.5 cm³/mol. The third kappa shape index (κ3) is 2.22. The highest BCUT2D eigenvalue weighted by Gasteiger charge is 2.26. The highest BCUT2D eigenvalue weighted by atomic mass is 35.5. The van der Waals surface area contributed by atoms with Gasteiger partial charge in [-0.25, -0.2) is 4.79 Å². The van der Waals surface area contributed by atoms with Crippen molar-refractivity contribution < 1.29 is 9.53 Å². The summed E-state index contributed by atoms with van der Waals surface area (Å²) in [6.45, 7) is 2.95. The Hall–Kier alpha value is -0.770. The monoisotopic (exact) mass is 287 g/mol. The van der Waals surface area contributed by atoms with Crippen molar-refractivity contribution in [1.82, 2.24) is 5.32 Å². The number of hydrogen-bond donors (Lipinski definition) is 1. The molecule has 98 valence electrons. The van der Waals surface area contributed by atoms with Crippen molar-refractivity contribution in [2.24, 2.45) is 0 Å². The Labute approximate surface area is 116 Å². The van der Waals surface area contributed by atoms with Crippen molar-refractivity contribution in [3.8, 4) is 0 Å². The molecule has 0 aliphatic carbocycles. The van der Waals surface area contributed by atoms with Gasteiger partial charge in [-0.15, -0.1) is 0 Å². The van der Waals surface area contributed by atoms with E-state index in [2.05, 4.69) is 12.2 Å². The van der Waals surface area contributed by atoms with E-state index in [1.807, 2.05) is 6.07 Å². The molecule has 0 amide bonds. The summed E-state index contributed by atoms with van der Waals surface area (Å²) >= 11 is 12.5. The summed E-state index contributed by atoms with van der Waals surface area (Å²) in [7, 11) is 1.32. The minimum atomic E-state index is -0.487. The summed E-state index contributed by atoms with van der Waals surface area (Å²) in [5, 5.41) is 4.20. The fourth-order valence-electron chi connectivity index (χ4n) is 2.38. The summed E-state index contributed by atoms with van der Waals surface area (Å²) in [5.41, 5.74) is 2.37. The van der Waals surface area contributed by atoms with Crippen molar-refractivity contribution in [2.45, 2.75) is 25.8 Å². The smallest absolute Gasteiger partial charge is 0.340 e. The molecule has 0 saturated carbocycles. The van der Waals surface area contributed by atoms with Gasteiger partial charge in [-0.2, -0.15) is 0 Å². The molecule has 0 fully saturated rings. The van der Waals surface area contributed by atoms with Crippen LogP contribution in [0.2, 0.25) is 10.0 Å². The highest BCUT2D eigenvalue weighted by Crippen LogP contribution is 2.37. The molecule has 0 bridgehead atoms. The van der Waals surface area contributed by atoms with Gasteiger partial charge in [0.15, 0.2) is 0 Å². The van der Waals surface area contributed by atoms with E-state index in [4.69, 9.17) is 27.9 Å². The van der Waals surface area contributed by atoms with E-state index in [1.54, 1.807) is 0 Å². The van der Waals surface area contributed by atoms with Crippen LogP contribution in [0.3, 0.4) is 0 Å². The van der Waals surface area contributed by atoms with Crippen molar-refractivity contribution in [3.63, 3.8) is 0 Å². The van der Waals surface area contributed by atoms with E-state index in [1.165, 1.54) is 7.11 Å². The molecule has 1 unspecified atom stereocenters. The van der Waals surface area contributed by atoms with Gasteiger partial charge < -0.3 is 10.1 Å². The van der Waals surface area contributed by atoms with Gasteiger partial charge >= 0.3 is 5.97 Å². The molecule has 5 heteroatoms. The third-order valence-electron chi connectivity index (χ3n) is 3.29. The lowest BCUT2D eigenvalue weighted by Gasteiger charge is -2.28. The second-order valence-electron chi connectivity index (χ2n) is 4.27. The topological polar surface area (TPSA) is 38.3 Å². The minimum Gasteiger partial charge on any atom is -0.465 e. The van der Waals surface area contributed by atoms with Crippen LogP contribution >= 0.6 is 23.2 Å². The maximum atomic E-state index is 11.7. The standard InChI is InChI=1S/C13H15Cl2NO2/c1-3-10-8-6-9(14)11(13(17)18-2)12(15)7(8)4-5-16-10/h6,10,16H,3-5H2,1-2H3. The van der Waals surface area contributed by atoms with Gasteiger partial charge in [-0.1, -0.05) is 30.1 Å². The second kappa shape index (κ2) is 5.47. The number of halogens is 2. The fourth-order valence-corrected chi connectivity index (χ4v) is 3.10. The number of hydrogen-bond acceptors (Lipinski definition) is 3. The number of ether oxygens (including phenoxy) is 1. The Morgan fingerprint density at radius 1 is 1.56 bits per heavy atom. The second-order valence-corrected chi connectivity index (χ2v) is 5.06. The number of esters is 1. The molecule has 1 aromatic carbocycles. The average Bonchev–Trinajstić information content (AvgIpc) is 2.37. The Balaban J connectivity index is 2.59. The van der Waals surface area contributed by atoms with Crippen molar-refractivity contribution in [1.29, 1.82) is 0 Å². The van der Waals surface area contributed by atoms with Crippen LogP contribution in [0.1, 0.15) is 40.9 Å². The lowest BCUT2D eigenvalue weighted by molar-refractivity contribution is 0.0601. The summed E-state index contributed by atoms with van der Waals surface area (Å²) < 4.78 is 4.72. The Morgan fingerprint density at radius 2 is 2.28 bits per heavy atom. The quantitative estimate of drug-likeness (QED) is 0.848. The molecular weight excluding hydrogens is 273 g/mol. The van der Waals surface area contributed by atoms with Crippen LogP contribution in [0.4, 0.5) is 0 Å². The Bertz CT molecular complexity index is 488. The number of fused-ring (bicyclic) bond motifs is 1. The number of carbonyl (C=O) groups excluding carboxylic acids is 1. The largest absolute Gasteiger partial charge is 0.465 e. The molecular formula is C13H15Cl2NO2. The van der Waals surface area contributed by atoms with Crippen molar-refractivity contribution in [3.05, 3.63) is 32.8 Å². The first-order valence-corrected chi connectivity index (χ1v) is 6.68. The normalized spacial score (nSPS) is 18.3. The number of methoxy groups -OCH3 is 1. The summed E-state index contributed by atoms with van der Waals surface area (Å²) in [4.78, 5) is 11.7. The summed E-state index contributed by atoms with van der Waals surface area (Å²) in [5.74, 6) is -0.487. The molecule has 0 saturated heterocycles. The van der Waals surface area contributed by atoms with Gasteiger partial charge in [0.2, 0.25) is 0 Å². The zero-order chi connectivity index (χ0) is 13.3. The predicted octanol–water partition coefficient (Wildman–Crippen LogP) is 3.38. The Morgan fingerprint density at radius 3 is 2.89 bits per heavy atom. The molecule has 2 rings (SSSR count). The molecule has 3 nitrogen and oxygen atoms in total. The molecule has 1 aromatic rings. The number of nitrogens with one attached hydrogen (secondary N) is 1. The first-order chi connectivity index (χ1) is 8.60. The van der Waals surface area contributed by atoms with Crippen LogP contribution in [-0.4, -0.2) is 19.6 Å². The molecule has 1 aliphatic rings. The summed E-state index contributed by atoms with van der Waals surface area (Å²) in [6.07, 6.45) is 1.75. The first kappa shape index (κ1) is 13.7. The van der Waals surface area contributed by atoms with Crippen molar-refractivity contribution >= 4 is 29.2 Å². The third-order valence-corrected chi connectivity index (χ3v) is 4.01. The van der Waals surface area contributed by atoms with E-state index in [9.17, 15) is 4.79 Å². The van der Waals surface area contributed by atoms with E-state index >= 15 is 0 Å². The van der Waals surface area contributed by atoms with Gasteiger partial charge in [-0.3, -0.25) is 0 Å². The van der Waals surface area contributed by atoms with Gasteiger partial charge in [0, 0.05) is 6.04 Å². The molecule has 0 radical (unpaired) electrons. The SMILES string of the molecule is CCC1NCCc2c1cc(Cl)c(C(=O)OC)c2Cl. The van der Waals surface area contributed by atoms with Crippen molar-refractivity contribution in [2.75, 3.05) is 13.7 Å². The van der Waals surface area contributed by atoms with Crippen LogP contribution in [0.5, 0.6) is 0 Å². The van der Waals surface area contributed by atoms with Crippen LogP contribution in [0, 0.1) is 0 Å². The molecule has 1 atom stereocenters. The van der Waals surface area contributed by atoms with E-state index in [0.717, 1.165) is 30.5 Å². The van der Waals surface area contributed by atoms with Crippen LogP contribution < -0.4 is 5.32 Å². The average molecular weight is 288 g/mol. The molecule has 0 spiro atoms. The Kier molecular flexibility index (Phi) is 4.15. The van der Waals surface area contributed by atoms with E-state index in [-0.39, 0.29) is 11.6 Å². The minimum absolute atomic E-state index is 0.246. The van der Waals surface area contributed by atoms with Crippen LogP contribution in [-0.2, 0) is 11.2 Å². The number of rotatable bonds is 2. The van der Waals surface area contributed by atoms with Gasteiger partial charge in [-0.05, 0) is 36.6 Å². The lowest BCUT2D eigenvalue weighted by atomic mass is 9.91. The van der Waals surface area contributed by atoms with Crippen LogP contribution in [0.25, 0.3) is 0 Å². The fraction of sp³-hybridized carbons (Fsp3) is 0.462. The zero-order valence-electron chi connectivity index (χ0n) is 10.3. The van der Waals surface area contributed by atoms with Gasteiger partial charge in [0.1, 0.15) is 0 Å². The molecule has 18 heavy (non-hydrogen) atoms. The van der Waals surface area contributed by atoms with E-state index < -0.39 is 5.97 Å². The number of benzene rings is 1. The highest BCUT2D eigenvalue weighted by molar-refractivity contribution is 6.40. The molecule has 1 heterocycles. The maximum absolute atomic E-state index is 11.7. The first-order valence-electron chi connectivity index (χ1n) is 5.92. The zero-order valence-corrected chi connectivity index (χ0v) is 11.9. The van der Waals surface area contributed by atoms with Gasteiger partial charge in [0.05, 0.1) is 22.7 Å².